The van der Waals surface area contributed by atoms with Gasteiger partial charge in [0.2, 0.25) is 0 Å². The van der Waals surface area contributed by atoms with Crippen LogP contribution in [0.2, 0.25) is 0 Å². The highest BCUT2D eigenvalue weighted by molar-refractivity contribution is 5.47. The van der Waals surface area contributed by atoms with Gasteiger partial charge in [-0.1, -0.05) is 368 Å². The molecule has 6 heteroatoms. The Kier molecular flexibility index (Phi) is 62.2. The summed E-state index contributed by atoms with van der Waals surface area (Å²) in [6.07, 6.45) is 76.6. The van der Waals surface area contributed by atoms with Crippen molar-refractivity contribution in [3.63, 3.8) is 0 Å². The third kappa shape index (κ3) is 53.3. The molecule has 0 spiro atoms. The van der Waals surface area contributed by atoms with E-state index in [-0.39, 0.29) is 1.43 Å². The van der Waals surface area contributed by atoms with Crippen molar-refractivity contribution in [2.24, 2.45) is 5.73 Å². The van der Waals surface area contributed by atoms with Gasteiger partial charge in [0.25, 0.3) is 0 Å². The minimum atomic E-state index is 0. The summed E-state index contributed by atoms with van der Waals surface area (Å²) in [6.45, 7) is 12.7. The van der Waals surface area contributed by atoms with Crippen LogP contribution < -0.4 is 24.7 Å². The smallest absolute Gasteiger partial charge is 0.162 e. The lowest BCUT2D eigenvalue weighted by Gasteiger charge is -2.14. The molecule has 0 atom stereocenters. The molecule has 2 N–H and O–H groups in total. The van der Waals surface area contributed by atoms with Crippen molar-refractivity contribution in [3.05, 3.63) is 47.5 Å². The predicted octanol–water partition coefficient (Wildman–Crippen LogP) is 26.4. The number of hydrogen-bond donors (Lipinski definition) is 1. The maximum Gasteiger partial charge on any atom is 0.162 e. The van der Waals surface area contributed by atoms with E-state index in [0.29, 0.717) is 18.7 Å². The van der Waals surface area contributed by atoms with Gasteiger partial charge in [-0.05, 0) is 55.5 Å². The van der Waals surface area contributed by atoms with Crippen LogP contribution >= 0.6 is 0 Å². The molecule has 490 valence electrons. The Balaban J connectivity index is 0.00000164. The van der Waals surface area contributed by atoms with E-state index in [2.05, 4.69) is 45.9 Å². The average Bonchev–Trinajstić information content (AvgIpc) is 3.65. The Morgan fingerprint density at radius 1 is 0.274 bits per heavy atom. The Bertz CT molecular complexity index is 1670. The second-order valence-corrected chi connectivity index (χ2v) is 25.5. The Morgan fingerprint density at radius 3 is 0.702 bits per heavy atom. The molecule has 0 heterocycles. The molecule has 0 aliphatic carbocycles. The van der Waals surface area contributed by atoms with Crippen LogP contribution in [0.1, 0.15) is 400 Å². The van der Waals surface area contributed by atoms with Crippen molar-refractivity contribution in [3.8, 4) is 29.1 Å². The van der Waals surface area contributed by atoms with Crippen LogP contribution in [-0.2, 0) is 6.54 Å². The molecule has 0 aliphatic heterocycles. The molecule has 0 aromatic heterocycles. The highest BCUT2D eigenvalue weighted by Gasteiger charge is 2.10. The average molecular weight is 1170 g/mol. The van der Waals surface area contributed by atoms with Crippen LogP contribution in [0.25, 0.3) is 0 Å². The zero-order valence-corrected chi connectivity index (χ0v) is 56.8. The van der Waals surface area contributed by atoms with Crippen LogP contribution in [0.4, 0.5) is 0 Å². The summed E-state index contributed by atoms with van der Waals surface area (Å²) >= 11 is 0. The highest BCUT2D eigenvalue weighted by Crippen LogP contribution is 2.31. The molecule has 2 aromatic rings. The van der Waals surface area contributed by atoms with Gasteiger partial charge in [0.15, 0.2) is 23.0 Å². The van der Waals surface area contributed by atoms with Crippen LogP contribution in [0.5, 0.6) is 23.0 Å². The third-order valence-electron chi connectivity index (χ3n) is 17.3. The molecule has 0 saturated heterocycles. The van der Waals surface area contributed by atoms with Crippen molar-refractivity contribution in [1.29, 1.82) is 5.26 Å². The molecule has 0 saturated carbocycles. The predicted molar refractivity (Wildman–Crippen MR) is 371 cm³/mol. The first kappa shape index (κ1) is 79.1. The van der Waals surface area contributed by atoms with E-state index in [1.807, 2.05) is 24.3 Å². The van der Waals surface area contributed by atoms with Crippen LogP contribution in [0.15, 0.2) is 36.4 Å². The molecular formula is C78H144N2O4. The Hall–Kier alpha value is -2.91. The summed E-state index contributed by atoms with van der Waals surface area (Å²) in [5.41, 5.74) is 7.63. The van der Waals surface area contributed by atoms with Crippen molar-refractivity contribution in [1.82, 2.24) is 0 Å². The molecule has 2 rings (SSSR count). The summed E-state index contributed by atoms with van der Waals surface area (Å²) in [7, 11) is 0. The third-order valence-corrected chi connectivity index (χ3v) is 17.3. The van der Waals surface area contributed by atoms with Crippen molar-refractivity contribution >= 4 is 0 Å². The number of unbranched alkanes of at least 4 members (excludes halogenated alkanes) is 52. The summed E-state index contributed by atoms with van der Waals surface area (Å²) in [4.78, 5) is 0. The maximum absolute atomic E-state index is 9.33. The number of ether oxygens (including phenoxy) is 4. The molecule has 2 aromatic carbocycles. The lowest BCUT2D eigenvalue weighted by Crippen LogP contribution is -2.04. The van der Waals surface area contributed by atoms with Gasteiger partial charge in [-0.3, -0.25) is 0 Å². The molecular weight excluding hydrogens is 1030 g/mol. The fourth-order valence-electron chi connectivity index (χ4n) is 11.6. The molecule has 0 fully saturated rings. The van der Waals surface area contributed by atoms with E-state index in [9.17, 15) is 5.26 Å². The molecule has 84 heavy (non-hydrogen) atoms. The zero-order chi connectivity index (χ0) is 60.4. The number of hydrogen-bond acceptors (Lipinski definition) is 6. The minimum absolute atomic E-state index is 0. The molecule has 0 bridgehead atoms. The maximum atomic E-state index is 9.33. The second kappa shape index (κ2) is 66.1. The number of rotatable bonds is 65. The molecule has 0 unspecified atom stereocenters. The lowest BCUT2D eigenvalue weighted by molar-refractivity contribution is 0.258. The van der Waals surface area contributed by atoms with Crippen LogP contribution in [0.3, 0.4) is 0 Å². The van der Waals surface area contributed by atoms with Gasteiger partial charge in [-0.15, -0.1) is 0 Å². The Morgan fingerprint density at radius 2 is 0.476 bits per heavy atom. The first-order valence-corrected chi connectivity index (χ1v) is 37.5. The highest BCUT2D eigenvalue weighted by atomic mass is 16.5. The van der Waals surface area contributed by atoms with Gasteiger partial charge in [-0.25, -0.2) is 0 Å². The summed E-state index contributed by atoms with van der Waals surface area (Å²) < 4.78 is 24.5. The number of nitrogens with zero attached hydrogens (tertiary/aromatic N) is 1. The number of benzene rings is 2. The standard InChI is InChI=1S/C39H73NO2.C39H69NO2.H2/c2*1-3-5-7-9-11-13-15-17-19-21-23-25-27-29-33-41-38-32-31-37(36-40)35-39(38)42-34-30-28-26-24-22-20-18-16-14-12-10-8-6-4-2;/h31-32,35H,3-30,33-34,36,40H2,1-2H3;31-32,35H,3-30,33-34H2,1-2H3;1H. The van der Waals surface area contributed by atoms with Gasteiger partial charge >= 0.3 is 0 Å². The monoisotopic (exact) mass is 1170 g/mol. The first-order valence-electron chi connectivity index (χ1n) is 37.5. The van der Waals surface area contributed by atoms with Gasteiger partial charge < -0.3 is 24.7 Å². The molecule has 0 aliphatic rings. The molecule has 0 radical (unpaired) electrons. The summed E-state index contributed by atoms with van der Waals surface area (Å²) in [5.74, 6) is 3.27. The summed E-state index contributed by atoms with van der Waals surface area (Å²) in [5, 5.41) is 9.33. The van der Waals surface area contributed by atoms with E-state index in [1.165, 1.54) is 334 Å². The van der Waals surface area contributed by atoms with Crippen LogP contribution in [-0.4, -0.2) is 26.4 Å². The number of nitrogens with two attached hydrogens (primary N) is 1. The van der Waals surface area contributed by atoms with Crippen molar-refractivity contribution < 1.29 is 20.4 Å². The van der Waals surface area contributed by atoms with E-state index < -0.39 is 0 Å². The van der Waals surface area contributed by atoms with Gasteiger partial charge in [0.05, 0.1) is 38.1 Å². The normalized spacial score (nSPS) is 11.2. The van der Waals surface area contributed by atoms with Crippen molar-refractivity contribution in [2.45, 2.75) is 394 Å². The van der Waals surface area contributed by atoms with E-state index >= 15 is 0 Å². The van der Waals surface area contributed by atoms with E-state index in [4.69, 9.17) is 24.7 Å². The topological polar surface area (TPSA) is 86.7 Å². The second-order valence-electron chi connectivity index (χ2n) is 25.5. The molecule has 6 nitrogen and oxygen atoms in total. The quantitative estimate of drug-likeness (QED) is 0.0664. The van der Waals surface area contributed by atoms with E-state index in [1.54, 1.807) is 0 Å². The zero-order valence-electron chi connectivity index (χ0n) is 56.8. The fourth-order valence-corrected chi connectivity index (χ4v) is 11.6. The van der Waals surface area contributed by atoms with Crippen LogP contribution in [0, 0.1) is 11.3 Å². The minimum Gasteiger partial charge on any atom is -0.490 e. The fraction of sp³-hybridized carbons (Fsp3) is 0.833. The van der Waals surface area contributed by atoms with Gasteiger partial charge in [0, 0.05) is 14.0 Å². The van der Waals surface area contributed by atoms with Gasteiger partial charge in [0.1, 0.15) is 0 Å². The largest absolute Gasteiger partial charge is 0.490 e. The summed E-state index contributed by atoms with van der Waals surface area (Å²) in [6, 6.07) is 14.0. The molecule has 0 amide bonds. The van der Waals surface area contributed by atoms with Gasteiger partial charge in [-0.2, -0.15) is 5.26 Å². The lowest BCUT2D eigenvalue weighted by atomic mass is 10.0. The Labute approximate surface area is 525 Å². The van der Waals surface area contributed by atoms with Crippen molar-refractivity contribution in [2.75, 3.05) is 26.4 Å². The van der Waals surface area contributed by atoms with E-state index in [0.717, 1.165) is 74.1 Å². The first-order chi connectivity index (χ1) is 41.6. The number of nitriles is 1. The SMILES string of the molecule is CCCCCCCCCCCCCCCCOc1ccc(C#N)cc1OCCCCCCCCCCCCCCCC.CCCCCCCCCCCCCCCCOc1ccc(CN)cc1OCCCCCCCCCCCCCCCC.[HH].